The molecule has 0 unspecified atom stereocenters. The lowest BCUT2D eigenvalue weighted by atomic mass is 10.2. The number of carbonyl (C=O) groups is 2. The Morgan fingerprint density at radius 1 is 1.00 bits per heavy atom. The first-order valence-corrected chi connectivity index (χ1v) is 7.43. The Bertz CT molecular complexity index is 639. The van der Waals surface area contributed by atoms with E-state index in [2.05, 4.69) is 9.47 Å². The van der Waals surface area contributed by atoms with Crippen LogP contribution in [0.3, 0.4) is 0 Å². The molecule has 0 atom stereocenters. The number of rotatable bonds is 4. The van der Waals surface area contributed by atoms with Gasteiger partial charge in [0, 0.05) is 11.1 Å². The lowest BCUT2D eigenvalue weighted by molar-refractivity contribution is 0.0556. The number of aryl methyl sites for hydroxylation is 2. The first-order chi connectivity index (χ1) is 11.4. The minimum absolute atomic E-state index is 0.124. The average molecular weight is 359 g/mol. The number of methoxy groups -OCH3 is 2. The van der Waals surface area contributed by atoms with Crippen LogP contribution in [0.25, 0.3) is 0 Å². The standard InChI is InChI=1S/C8H9ClO3.C8H10O4/c2*1-5-6(4-9)3-7(12-5)8(10)11-2/h3H,4H2,1-2H3;3,9H,4H2,1-2H3. The molecule has 2 rings (SSSR count). The third-order valence-corrected chi connectivity index (χ3v) is 3.42. The maximum Gasteiger partial charge on any atom is 0.373 e. The van der Waals surface area contributed by atoms with Gasteiger partial charge in [-0.1, -0.05) is 0 Å². The second-order valence-corrected chi connectivity index (χ2v) is 4.93. The van der Waals surface area contributed by atoms with Crippen LogP contribution in [0.2, 0.25) is 0 Å². The molecule has 24 heavy (non-hydrogen) atoms. The van der Waals surface area contributed by atoms with Gasteiger partial charge in [-0.25, -0.2) is 9.59 Å². The Balaban J connectivity index is 0.000000240. The SMILES string of the molecule is COC(=O)c1cc(CCl)c(C)o1.COC(=O)c1cc(CO)c(C)o1. The summed E-state index contributed by atoms with van der Waals surface area (Å²) in [6.45, 7) is 3.30. The molecule has 0 aliphatic heterocycles. The van der Waals surface area contributed by atoms with Crippen molar-refractivity contribution < 1.29 is 33.0 Å². The van der Waals surface area contributed by atoms with Crippen LogP contribution in [0.5, 0.6) is 0 Å². The second kappa shape index (κ2) is 9.14. The highest BCUT2D eigenvalue weighted by Crippen LogP contribution is 2.17. The highest BCUT2D eigenvalue weighted by atomic mass is 35.5. The molecule has 0 saturated heterocycles. The van der Waals surface area contributed by atoms with Crippen molar-refractivity contribution in [1.29, 1.82) is 0 Å². The molecule has 0 aliphatic carbocycles. The molecule has 8 heteroatoms. The number of ether oxygens (including phenoxy) is 2. The van der Waals surface area contributed by atoms with E-state index in [1.54, 1.807) is 19.9 Å². The van der Waals surface area contributed by atoms with E-state index in [9.17, 15) is 9.59 Å². The van der Waals surface area contributed by atoms with Gasteiger partial charge >= 0.3 is 11.9 Å². The number of carbonyl (C=O) groups excluding carboxylic acids is 2. The molecule has 0 radical (unpaired) electrons. The summed E-state index contributed by atoms with van der Waals surface area (Å²) in [5, 5.41) is 8.77. The number of alkyl halides is 1. The lowest BCUT2D eigenvalue weighted by Crippen LogP contribution is -1.98. The maximum atomic E-state index is 10.9. The van der Waals surface area contributed by atoms with Gasteiger partial charge in [0.2, 0.25) is 11.5 Å². The summed E-state index contributed by atoms with van der Waals surface area (Å²) in [5.41, 5.74) is 1.42. The van der Waals surface area contributed by atoms with Crippen molar-refractivity contribution in [2.75, 3.05) is 14.2 Å². The number of aliphatic hydroxyl groups is 1. The van der Waals surface area contributed by atoms with Crippen molar-refractivity contribution in [2.45, 2.75) is 26.3 Å². The van der Waals surface area contributed by atoms with Gasteiger partial charge in [-0.05, 0) is 26.0 Å². The van der Waals surface area contributed by atoms with Crippen molar-refractivity contribution in [1.82, 2.24) is 0 Å². The first-order valence-electron chi connectivity index (χ1n) is 6.89. The number of aliphatic hydroxyl groups excluding tert-OH is 1. The molecular weight excluding hydrogens is 340 g/mol. The molecule has 1 N–H and O–H groups in total. The maximum absolute atomic E-state index is 10.9. The predicted molar refractivity (Wildman–Crippen MR) is 85.0 cm³/mol. The zero-order valence-corrected chi connectivity index (χ0v) is 14.6. The van der Waals surface area contributed by atoms with Crippen LogP contribution in [0.4, 0.5) is 0 Å². The van der Waals surface area contributed by atoms with Gasteiger partial charge in [-0.15, -0.1) is 11.6 Å². The van der Waals surface area contributed by atoms with E-state index in [0.29, 0.717) is 23.0 Å². The molecule has 2 aromatic rings. The van der Waals surface area contributed by atoms with Crippen LogP contribution in [-0.2, 0) is 22.0 Å². The van der Waals surface area contributed by atoms with Gasteiger partial charge in [0.25, 0.3) is 0 Å². The Kier molecular flexibility index (Phi) is 7.54. The van der Waals surface area contributed by atoms with Crippen molar-refractivity contribution in [2.24, 2.45) is 0 Å². The molecule has 0 spiro atoms. The molecule has 132 valence electrons. The number of halogens is 1. The molecule has 2 heterocycles. The van der Waals surface area contributed by atoms with Crippen LogP contribution in [0, 0.1) is 13.8 Å². The van der Waals surface area contributed by atoms with Crippen LogP contribution in [-0.4, -0.2) is 31.3 Å². The second-order valence-electron chi connectivity index (χ2n) is 4.66. The van der Waals surface area contributed by atoms with E-state index >= 15 is 0 Å². The summed E-state index contributed by atoms with van der Waals surface area (Å²) >= 11 is 5.58. The van der Waals surface area contributed by atoms with E-state index < -0.39 is 11.9 Å². The van der Waals surface area contributed by atoms with E-state index in [0.717, 1.165) is 5.56 Å². The zero-order valence-electron chi connectivity index (χ0n) is 13.8. The number of hydrogen-bond acceptors (Lipinski definition) is 7. The number of furan rings is 2. The summed E-state index contributed by atoms with van der Waals surface area (Å²) in [4.78, 5) is 21.8. The van der Waals surface area contributed by atoms with E-state index in [1.807, 2.05) is 0 Å². The van der Waals surface area contributed by atoms with Gasteiger partial charge < -0.3 is 23.4 Å². The molecule has 0 aliphatic rings. The molecular formula is C16H19ClO7. The van der Waals surface area contributed by atoms with Gasteiger partial charge in [-0.3, -0.25) is 0 Å². The average Bonchev–Trinajstić information content (AvgIpc) is 3.16. The van der Waals surface area contributed by atoms with Crippen molar-refractivity contribution in [3.8, 4) is 0 Å². The number of hydrogen-bond donors (Lipinski definition) is 1. The fraction of sp³-hybridized carbons (Fsp3) is 0.375. The van der Waals surface area contributed by atoms with E-state index in [4.69, 9.17) is 25.5 Å². The van der Waals surface area contributed by atoms with Crippen LogP contribution in [0.15, 0.2) is 21.0 Å². The minimum Gasteiger partial charge on any atom is -0.463 e. The highest BCUT2D eigenvalue weighted by molar-refractivity contribution is 6.17. The minimum atomic E-state index is -0.530. The largest absolute Gasteiger partial charge is 0.463 e. The fourth-order valence-electron chi connectivity index (χ4n) is 1.73. The predicted octanol–water partition coefficient (Wildman–Crippen LogP) is 2.98. The Morgan fingerprint density at radius 2 is 1.42 bits per heavy atom. The summed E-state index contributed by atoms with van der Waals surface area (Å²) in [7, 11) is 2.58. The van der Waals surface area contributed by atoms with Crippen molar-refractivity contribution >= 4 is 23.5 Å². The topological polar surface area (TPSA) is 99.1 Å². The molecule has 0 bridgehead atoms. The van der Waals surface area contributed by atoms with Crippen molar-refractivity contribution in [3.05, 3.63) is 46.3 Å². The third-order valence-electron chi connectivity index (χ3n) is 3.13. The fourth-order valence-corrected chi connectivity index (χ4v) is 2.00. The smallest absolute Gasteiger partial charge is 0.373 e. The zero-order chi connectivity index (χ0) is 18.3. The number of esters is 2. The summed E-state index contributed by atoms with van der Waals surface area (Å²) < 4.78 is 19.0. The van der Waals surface area contributed by atoms with E-state index in [1.165, 1.54) is 20.3 Å². The van der Waals surface area contributed by atoms with Gasteiger partial charge in [-0.2, -0.15) is 0 Å². The normalized spacial score (nSPS) is 9.92. The van der Waals surface area contributed by atoms with Gasteiger partial charge in [0.15, 0.2) is 0 Å². The van der Waals surface area contributed by atoms with Crippen LogP contribution in [0.1, 0.15) is 43.8 Å². The quantitative estimate of drug-likeness (QED) is 0.662. The van der Waals surface area contributed by atoms with E-state index in [-0.39, 0.29) is 18.1 Å². The Morgan fingerprint density at radius 3 is 1.71 bits per heavy atom. The molecule has 0 aromatic carbocycles. The van der Waals surface area contributed by atoms with Gasteiger partial charge in [0.1, 0.15) is 11.5 Å². The molecule has 7 nitrogen and oxygen atoms in total. The lowest BCUT2D eigenvalue weighted by Gasteiger charge is -1.90. The van der Waals surface area contributed by atoms with Crippen molar-refractivity contribution in [3.63, 3.8) is 0 Å². The molecule has 0 amide bonds. The Hall–Kier alpha value is -2.25. The van der Waals surface area contributed by atoms with Crippen LogP contribution >= 0.6 is 11.6 Å². The molecule has 2 aromatic heterocycles. The highest BCUT2D eigenvalue weighted by Gasteiger charge is 2.14. The first kappa shape index (κ1) is 19.8. The van der Waals surface area contributed by atoms with Gasteiger partial charge in [0.05, 0.1) is 26.7 Å². The Labute approximate surface area is 144 Å². The summed E-state index contributed by atoms with van der Waals surface area (Å²) in [6.07, 6.45) is 0. The molecule has 0 fully saturated rings. The monoisotopic (exact) mass is 358 g/mol. The molecule has 0 saturated carbocycles. The van der Waals surface area contributed by atoms with Crippen LogP contribution < -0.4 is 0 Å². The summed E-state index contributed by atoms with van der Waals surface area (Å²) in [6, 6.07) is 3.06. The third kappa shape index (κ3) is 4.87. The summed E-state index contributed by atoms with van der Waals surface area (Å²) in [5.74, 6) is 0.854.